The van der Waals surface area contributed by atoms with Crippen LogP contribution < -0.4 is 0 Å². The molecule has 0 aliphatic carbocycles. The van der Waals surface area contributed by atoms with E-state index in [4.69, 9.17) is 4.74 Å². The number of hydrogen-bond donors (Lipinski definition) is 0. The molecule has 4 rings (SSSR count). The molecule has 0 radical (unpaired) electrons. The van der Waals surface area contributed by atoms with E-state index in [1.54, 1.807) is 42.2 Å². The Morgan fingerprint density at radius 3 is 2.64 bits per heavy atom. The quantitative estimate of drug-likeness (QED) is 0.693. The van der Waals surface area contributed by atoms with Crippen molar-refractivity contribution in [1.82, 2.24) is 14.7 Å². The summed E-state index contributed by atoms with van der Waals surface area (Å²) in [7, 11) is 0. The highest BCUT2D eigenvalue weighted by Crippen LogP contribution is 2.25. The molecule has 1 saturated heterocycles. The van der Waals surface area contributed by atoms with Gasteiger partial charge in [-0.25, -0.2) is 13.5 Å². The van der Waals surface area contributed by atoms with Crippen LogP contribution in [0.5, 0.6) is 0 Å². The number of halogens is 2. The topological polar surface area (TPSA) is 47.4 Å². The molecule has 1 fully saturated rings. The minimum Gasteiger partial charge on any atom is -0.370 e. The Labute approximate surface area is 161 Å². The van der Waals surface area contributed by atoms with Crippen LogP contribution in [0.2, 0.25) is 0 Å². The number of para-hydroxylation sites is 1. The van der Waals surface area contributed by atoms with E-state index >= 15 is 0 Å². The van der Waals surface area contributed by atoms with Crippen molar-refractivity contribution in [3.63, 3.8) is 0 Å². The first-order valence-electron chi connectivity index (χ1n) is 9.00. The Bertz CT molecular complexity index is 1000. The normalized spacial score (nSPS) is 17.0. The lowest BCUT2D eigenvalue weighted by atomic mass is 10.1. The van der Waals surface area contributed by atoms with Crippen molar-refractivity contribution in [2.75, 3.05) is 19.7 Å². The van der Waals surface area contributed by atoms with Gasteiger partial charge in [-0.1, -0.05) is 24.3 Å². The van der Waals surface area contributed by atoms with Gasteiger partial charge in [0, 0.05) is 6.54 Å². The minimum atomic E-state index is -0.407. The predicted molar refractivity (Wildman–Crippen MR) is 99.3 cm³/mol. The van der Waals surface area contributed by atoms with E-state index in [2.05, 4.69) is 5.10 Å². The third-order valence-electron chi connectivity index (χ3n) is 4.92. The third kappa shape index (κ3) is 3.41. The SMILES string of the molecule is Cc1c(C(=O)N2CCOC(c3ccc(F)cc3)C2)cnn1-c1ccccc1F. The summed E-state index contributed by atoms with van der Waals surface area (Å²) in [6.07, 6.45) is 1.15. The molecular weight excluding hydrogens is 364 g/mol. The molecule has 1 amide bonds. The van der Waals surface area contributed by atoms with Gasteiger partial charge in [-0.3, -0.25) is 4.79 Å². The van der Waals surface area contributed by atoms with Crippen LogP contribution in [0.1, 0.15) is 27.7 Å². The molecule has 2 heterocycles. The molecule has 1 aliphatic rings. The summed E-state index contributed by atoms with van der Waals surface area (Å²) in [5, 5.41) is 4.21. The van der Waals surface area contributed by atoms with Gasteiger partial charge in [0.2, 0.25) is 0 Å². The lowest BCUT2D eigenvalue weighted by Gasteiger charge is -2.33. The van der Waals surface area contributed by atoms with Crippen LogP contribution in [-0.4, -0.2) is 40.3 Å². The van der Waals surface area contributed by atoms with Gasteiger partial charge in [0.1, 0.15) is 23.4 Å². The van der Waals surface area contributed by atoms with E-state index in [0.717, 1.165) is 5.56 Å². The molecule has 0 bridgehead atoms. The van der Waals surface area contributed by atoms with Crippen molar-refractivity contribution in [2.24, 2.45) is 0 Å². The number of aromatic nitrogens is 2. The van der Waals surface area contributed by atoms with Crippen LogP contribution in [0.3, 0.4) is 0 Å². The maximum absolute atomic E-state index is 14.1. The Hall–Kier alpha value is -3.06. The Morgan fingerprint density at radius 1 is 1.14 bits per heavy atom. The Morgan fingerprint density at radius 2 is 1.89 bits per heavy atom. The zero-order valence-corrected chi connectivity index (χ0v) is 15.3. The second-order valence-electron chi connectivity index (χ2n) is 6.67. The lowest BCUT2D eigenvalue weighted by molar-refractivity contribution is -0.0228. The average Bonchev–Trinajstić information content (AvgIpc) is 3.09. The molecule has 0 N–H and O–H groups in total. The number of ether oxygens (including phenoxy) is 1. The molecule has 144 valence electrons. The zero-order valence-electron chi connectivity index (χ0n) is 15.3. The smallest absolute Gasteiger partial charge is 0.257 e. The Balaban J connectivity index is 1.56. The van der Waals surface area contributed by atoms with Crippen molar-refractivity contribution in [1.29, 1.82) is 0 Å². The average molecular weight is 383 g/mol. The summed E-state index contributed by atoms with van der Waals surface area (Å²) in [6, 6.07) is 12.4. The number of hydrogen-bond acceptors (Lipinski definition) is 3. The third-order valence-corrected chi connectivity index (χ3v) is 4.92. The molecule has 28 heavy (non-hydrogen) atoms. The van der Waals surface area contributed by atoms with Crippen LogP contribution in [-0.2, 0) is 4.74 Å². The summed E-state index contributed by atoms with van der Waals surface area (Å²) in [5.74, 6) is -0.908. The highest BCUT2D eigenvalue weighted by molar-refractivity contribution is 5.95. The number of rotatable bonds is 3. The standard InChI is InChI=1S/C21H19F2N3O2/c1-14-17(12-24-26(14)19-5-3-2-4-18(19)23)21(27)25-10-11-28-20(13-25)15-6-8-16(22)9-7-15/h2-9,12,20H,10-11,13H2,1H3. The molecule has 1 unspecified atom stereocenters. The fraction of sp³-hybridized carbons (Fsp3) is 0.238. The van der Waals surface area contributed by atoms with Gasteiger partial charge in [-0.15, -0.1) is 0 Å². The molecule has 5 nitrogen and oxygen atoms in total. The fourth-order valence-corrected chi connectivity index (χ4v) is 3.37. The molecular formula is C21H19F2N3O2. The van der Waals surface area contributed by atoms with E-state index < -0.39 is 5.82 Å². The monoisotopic (exact) mass is 383 g/mol. The second kappa shape index (κ2) is 7.52. The first kappa shape index (κ1) is 18.3. The van der Waals surface area contributed by atoms with Crippen molar-refractivity contribution >= 4 is 5.91 Å². The van der Waals surface area contributed by atoms with Gasteiger partial charge in [0.15, 0.2) is 0 Å². The molecule has 2 aromatic carbocycles. The van der Waals surface area contributed by atoms with Crippen molar-refractivity contribution < 1.29 is 18.3 Å². The fourth-order valence-electron chi connectivity index (χ4n) is 3.37. The number of morpholine rings is 1. The summed E-state index contributed by atoms with van der Waals surface area (Å²) in [4.78, 5) is 14.7. The van der Waals surface area contributed by atoms with E-state index in [0.29, 0.717) is 36.6 Å². The molecule has 0 saturated carbocycles. The van der Waals surface area contributed by atoms with E-state index in [-0.39, 0.29) is 17.8 Å². The van der Waals surface area contributed by atoms with Crippen LogP contribution in [0, 0.1) is 18.6 Å². The minimum absolute atomic E-state index is 0.185. The number of amides is 1. The molecule has 3 aromatic rings. The van der Waals surface area contributed by atoms with Crippen LogP contribution in [0.4, 0.5) is 8.78 Å². The molecule has 0 spiro atoms. The maximum atomic E-state index is 14.1. The van der Waals surface area contributed by atoms with Gasteiger partial charge in [-0.2, -0.15) is 5.10 Å². The largest absolute Gasteiger partial charge is 0.370 e. The van der Waals surface area contributed by atoms with Crippen LogP contribution in [0.15, 0.2) is 54.7 Å². The van der Waals surface area contributed by atoms with Crippen molar-refractivity contribution in [3.8, 4) is 5.69 Å². The number of carbonyl (C=O) groups is 1. The van der Waals surface area contributed by atoms with E-state index in [9.17, 15) is 13.6 Å². The summed E-state index contributed by atoms with van der Waals surface area (Å²) in [5.41, 5.74) is 2.10. The van der Waals surface area contributed by atoms with Gasteiger partial charge in [-0.05, 0) is 36.8 Å². The number of benzene rings is 2. The molecule has 1 aliphatic heterocycles. The highest BCUT2D eigenvalue weighted by atomic mass is 19.1. The zero-order chi connectivity index (χ0) is 19.7. The predicted octanol–water partition coefficient (Wildman–Crippen LogP) is 3.67. The van der Waals surface area contributed by atoms with Crippen molar-refractivity contribution in [2.45, 2.75) is 13.0 Å². The molecule has 7 heteroatoms. The number of nitrogens with zero attached hydrogens (tertiary/aromatic N) is 3. The number of carbonyl (C=O) groups excluding carboxylic acids is 1. The summed E-state index contributed by atoms with van der Waals surface area (Å²) < 4.78 is 34.4. The first-order valence-corrected chi connectivity index (χ1v) is 9.00. The van der Waals surface area contributed by atoms with E-state index in [1.807, 2.05) is 0 Å². The molecule has 1 aromatic heterocycles. The lowest BCUT2D eigenvalue weighted by Crippen LogP contribution is -2.42. The van der Waals surface area contributed by atoms with Gasteiger partial charge in [0.05, 0.1) is 30.6 Å². The summed E-state index contributed by atoms with van der Waals surface area (Å²) >= 11 is 0. The maximum Gasteiger partial charge on any atom is 0.257 e. The highest BCUT2D eigenvalue weighted by Gasteiger charge is 2.28. The van der Waals surface area contributed by atoms with E-state index in [1.165, 1.54) is 29.1 Å². The summed E-state index contributed by atoms with van der Waals surface area (Å²) in [6.45, 7) is 2.93. The van der Waals surface area contributed by atoms with Crippen molar-refractivity contribution in [3.05, 3.63) is 83.2 Å². The van der Waals surface area contributed by atoms with Gasteiger partial charge < -0.3 is 9.64 Å². The Kier molecular flexibility index (Phi) is 4.92. The second-order valence-corrected chi connectivity index (χ2v) is 6.67. The molecule has 1 atom stereocenters. The van der Waals surface area contributed by atoms with Crippen LogP contribution >= 0.6 is 0 Å². The first-order chi connectivity index (χ1) is 13.5. The van der Waals surface area contributed by atoms with Crippen LogP contribution in [0.25, 0.3) is 5.69 Å². The van der Waals surface area contributed by atoms with Gasteiger partial charge in [0.25, 0.3) is 5.91 Å². The van der Waals surface area contributed by atoms with Gasteiger partial charge >= 0.3 is 0 Å².